The van der Waals surface area contributed by atoms with Crippen molar-refractivity contribution < 1.29 is 4.74 Å². The SMILES string of the molecule is CCN(CC)CCO[C@@H]1C[C@H]2CC[C@]1(C)C2(C)C. The number of ether oxygens (including phenoxy) is 1. The average molecular weight is 253 g/mol. The molecular formula is C16H31NO. The fourth-order valence-corrected chi connectivity index (χ4v) is 4.25. The van der Waals surface area contributed by atoms with E-state index in [4.69, 9.17) is 4.74 Å². The zero-order valence-electron chi connectivity index (χ0n) is 13.0. The highest BCUT2D eigenvalue weighted by atomic mass is 16.5. The number of nitrogens with zero attached hydrogens (tertiary/aromatic N) is 1. The van der Waals surface area contributed by atoms with Crippen LogP contribution in [0.1, 0.15) is 53.9 Å². The molecule has 3 atom stereocenters. The Kier molecular flexibility index (Phi) is 4.08. The van der Waals surface area contributed by atoms with Gasteiger partial charge in [0.1, 0.15) is 0 Å². The zero-order valence-corrected chi connectivity index (χ0v) is 13.0. The maximum atomic E-state index is 6.27. The molecule has 2 aliphatic rings. The summed E-state index contributed by atoms with van der Waals surface area (Å²) in [4.78, 5) is 2.45. The molecule has 0 N–H and O–H groups in total. The zero-order chi connectivity index (χ0) is 13.4. The van der Waals surface area contributed by atoms with Crippen molar-refractivity contribution in [2.24, 2.45) is 16.7 Å². The number of hydrogen-bond donors (Lipinski definition) is 0. The number of likely N-dealkylation sites (N-methyl/N-ethyl adjacent to an activating group) is 1. The van der Waals surface area contributed by atoms with Crippen LogP contribution >= 0.6 is 0 Å². The molecule has 0 aliphatic heterocycles. The monoisotopic (exact) mass is 253 g/mol. The van der Waals surface area contributed by atoms with E-state index in [1.807, 2.05) is 0 Å². The lowest BCUT2D eigenvalue weighted by atomic mass is 9.70. The Hall–Kier alpha value is -0.0800. The molecule has 0 heterocycles. The lowest BCUT2D eigenvalue weighted by Crippen LogP contribution is -2.38. The van der Waals surface area contributed by atoms with Gasteiger partial charge in [-0.2, -0.15) is 0 Å². The van der Waals surface area contributed by atoms with Crippen molar-refractivity contribution in [2.75, 3.05) is 26.2 Å². The molecule has 0 spiro atoms. The molecule has 2 saturated carbocycles. The molecule has 0 aromatic rings. The van der Waals surface area contributed by atoms with E-state index in [2.05, 4.69) is 39.5 Å². The van der Waals surface area contributed by atoms with Crippen molar-refractivity contribution in [1.82, 2.24) is 4.90 Å². The summed E-state index contributed by atoms with van der Waals surface area (Å²) >= 11 is 0. The van der Waals surface area contributed by atoms with E-state index in [0.29, 0.717) is 16.9 Å². The highest BCUT2D eigenvalue weighted by molar-refractivity contribution is 5.11. The van der Waals surface area contributed by atoms with Crippen LogP contribution in [0.2, 0.25) is 0 Å². The van der Waals surface area contributed by atoms with E-state index in [1.54, 1.807) is 0 Å². The van der Waals surface area contributed by atoms with E-state index >= 15 is 0 Å². The summed E-state index contributed by atoms with van der Waals surface area (Å²) in [5.74, 6) is 0.890. The predicted molar refractivity (Wildman–Crippen MR) is 76.8 cm³/mol. The summed E-state index contributed by atoms with van der Waals surface area (Å²) < 4.78 is 6.27. The summed E-state index contributed by atoms with van der Waals surface area (Å²) in [5.41, 5.74) is 0.897. The molecule has 18 heavy (non-hydrogen) atoms. The molecule has 0 aromatic carbocycles. The standard InChI is InChI=1S/C16H31NO/c1-6-17(7-2)10-11-18-14-12-13-8-9-16(14,5)15(13,3)4/h13-14H,6-12H2,1-5H3/t13-,14-,16+/m1/s1. The molecule has 2 heteroatoms. The fourth-order valence-electron chi connectivity index (χ4n) is 4.25. The van der Waals surface area contributed by atoms with Gasteiger partial charge in [-0.1, -0.05) is 34.6 Å². The van der Waals surface area contributed by atoms with E-state index in [0.717, 1.165) is 32.2 Å². The third-order valence-electron chi connectivity index (χ3n) is 6.33. The van der Waals surface area contributed by atoms with Crippen molar-refractivity contribution >= 4 is 0 Å². The average Bonchev–Trinajstić information content (AvgIpc) is 2.67. The van der Waals surface area contributed by atoms with Gasteiger partial charge in [-0.25, -0.2) is 0 Å². The minimum absolute atomic E-state index is 0.418. The van der Waals surface area contributed by atoms with Gasteiger partial charge in [-0.3, -0.25) is 0 Å². The van der Waals surface area contributed by atoms with Gasteiger partial charge in [0.25, 0.3) is 0 Å². The summed E-state index contributed by atoms with van der Waals surface area (Å²) in [6, 6.07) is 0. The normalized spacial score (nSPS) is 37.7. The molecule has 0 unspecified atom stereocenters. The summed E-state index contributed by atoms with van der Waals surface area (Å²) in [5, 5.41) is 0. The van der Waals surface area contributed by atoms with Gasteiger partial charge in [0.2, 0.25) is 0 Å². The van der Waals surface area contributed by atoms with Crippen LogP contribution < -0.4 is 0 Å². The maximum absolute atomic E-state index is 6.27. The van der Waals surface area contributed by atoms with Crippen molar-refractivity contribution in [3.05, 3.63) is 0 Å². The van der Waals surface area contributed by atoms with Crippen LogP contribution in [-0.4, -0.2) is 37.2 Å². The lowest BCUT2D eigenvalue weighted by molar-refractivity contribution is -0.0514. The van der Waals surface area contributed by atoms with E-state index in [1.165, 1.54) is 19.3 Å². The highest BCUT2D eigenvalue weighted by Crippen LogP contribution is 2.66. The van der Waals surface area contributed by atoms with Gasteiger partial charge in [0.15, 0.2) is 0 Å². The summed E-state index contributed by atoms with van der Waals surface area (Å²) in [6.45, 7) is 16.1. The Morgan fingerprint density at radius 3 is 2.28 bits per heavy atom. The minimum atomic E-state index is 0.418. The molecule has 0 aromatic heterocycles. The second kappa shape index (κ2) is 5.13. The topological polar surface area (TPSA) is 12.5 Å². The van der Waals surface area contributed by atoms with Crippen LogP contribution in [0.4, 0.5) is 0 Å². The lowest BCUT2D eigenvalue weighted by Gasteiger charge is -2.39. The van der Waals surface area contributed by atoms with Crippen LogP contribution in [0.5, 0.6) is 0 Å². The largest absolute Gasteiger partial charge is 0.376 e. The predicted octanol–water partition coefficient (Wildman–Crippen LogP) is 3.56. The third-order valence-corrected chi connectivity index (χ3v) is 6.33. The second-order valence-corrected chi connectivity index (χ2v) is 7.00. The van der Waals surface area contributed by atoms with Crippen LogP contribution in [0, 0.1) is 16.7 Å². The number of rotatable bonds is 6. The molecule has 2 aliphatic carbocycles. The van der Waals surface area contributed by atoms with Gasteiger partial charge in [0.05, 0.1) is 12.7 Å². The Morgan fingerprint density at radius 1 is 1.17 bits per heavy atom. The van der Waals surface area contributed by atoms with E-state index < -0.39 is 0 Å². The highest BCUT2D eigenvalue weighted by Gasteiger charge is 2.61. The molecule has 0 amide bonds. The Morgan fingerprint density at radius 2 is 1.83 bits per heavy atom. The number of fused-ring (bicyclic) bond motifs is 2. The van der Waals surface area contributed by atoms with Crippen LogP contribution in [0.15, 0.2) is 0 Å². The van der Waals surface area contributed by atoms with Gasteiger partial charge < -0.3 is 9.64 Å². The maximum Gasteiger partial charge on any atom is 0.0637 e. The van der Waals surface area contributed by atoms with E-state index in [9.17, 15) is 0 Å². The van der Waals surface area contributed by atoms with Crippen LogP contribution in [0.3, 0.4) is 0 Å². The van der Waals surface area contributed by atoms with Gasteiger partial charge in [0, 0.05) is 6.54 Å². The Bertz CT molecular complexity index is 285. The molecule has 2 bridgehead atoms. The first kappa shape index (κ1) is 14.3. The van der Waals surface area contributed by atoms with E-state index in [-0.39, 0.29) is 0 Å². The molecule has 2 fully saturated rings. The number of hydrogen-bond acceptors (Lipinski definition) is 2. The van der Waals surface area contributed by atoms with Crippen molar-refractivity contribution in [3.63, 3.8) is 0 Å². The molecule has 2 rings (SSSR count). The molecule has 106 valence electrons. The Labute approximate surface area is 113 Å². The van der Waals surface area contributed by atoms with Gasteiger partial charge >= 0.3 is 0 Å². The fraction of sp³-hybridized carbons (Fsp3) is 1.00. The van der Waals surface area contributed by atoms with Crippen molar-refractivity contribution in [2.45, 2.75) is 60.0 Å². The summed E-state index contributed by atoms with van der Waals surface area (Å²) in [7, 11) is 0. The van der Waals surface area contributed by atoms with Gasteiger partial charge in [-0.05, 0) is 49.1 Å². The first-order valence-corrected chi connectivity index (χ1v) is 7.79. The minimum Gasteiger partial charge on any atom is -0.376 e. The van der Waals surface area contributed by atoms with Crippen molar-refractivity contribution in [1.29, 1.82) is 0 Å². The molecule has 0 radical (unpaired) electrons. The van der Waals surface area contributed by atoms with Crippen LogP contribution in [-0.2, 0) is 4.74 Å². The first-order chi connectivity index (χ1) is 8.45. The Balaban J connectivity index is 1.85. The van der Waals surface area contributed by atoms with Crippen molar-refractivity contribution in [3.8, 4) is 0 Å². The van der Waals surface area contributed by atoms with Gasteiger partial charge in [-0.15, -0.1) is 0 Å². The first-order valence-electron chi connectivity index (χ1n) is 7.79. The molecular weight excluding hydrogens is 222 g/mol. The quantitative estimate of drug-likeness (QED) is 0.717. The molecule has 0 saturated heterocycles. The summed E-state index contributed by atoms with van der Waals surface area (Å²) in [6.07, 6.45) is 4.57. The molecule has 2 nitrogen and oxygen atoms in total. The third kappa shape index (κ3) is 2.12. The second-order valence-electron chi connectivity index (χ2n) is 7.00. The van der Waals surface area contributed by atoms with Crippen LogP contribution in [0.25, 0.3) is 0 Å². The smallest absolute Gasteiger partial charge is 0.0637 e.